The Bertz CT molecular complexity index is 638. The highest BCUT2D eigenvalue weighted by Gasteiger charge is 2.46. The normalized spacial score (nSPS) is 26.7. The van der Waals surface area contributed by atoms with Gasteiger partial charge in [0.2, 0.25) is 5.91 Å². The van der Waals surface area contributed by atoms with Crippen molar-refractivity contribution in [2.24, 2.45) is 11.7 Å². The van der Waals surface area contributed by atoms with E-state index in [4.69, 9.17) is 5.73 Å². The molecule has 1 saturated carbocycles. The number of amides is 3. The van der Waals surface area contributed by atoms with Gasteiger partial charge in [0.25, 0.3) is 0 Å². The molecular formula is C16H19F2N3O2. The lowest BCUT2D eigenvalue weighted by molar-refractivity contribution is -0.121. The molecule has 0 bridgehead atoms. The first-order valence-corrected chi connectivity index (χ1v) is 7.81. The Kier molecular flexibility index (Phi) is 4.19. The van der Waals surface area contributed by atoms with Crippen molar-refractivity contribution in [2.45, 2.75) is 44.2 Å². The van der Waals surface area contributed by atoms with Gasteiger partial charge in [-0.3, -0.25) is 4.79 Å². The first-order chi connectivity index (χ1) is 11.0. The lowest BCUT2D eigenvalue weighted by Gasteiger charge is -2.33. The number of likely N-dealkylation sites (tertiary alicyclic amines) is 1. The van der Waals surface area contributed by atoms with Gasteiger partial charge in [0.05, 0.1) is 5.69 Å². The Morgan fingerprint density at radius 3 is 2.65 bits per heavy atom. The molecule has 1 heterocycles. The minimum atomic E-state index is -0.853. The summed E-state index contributed by atoms with van der Waals surface area (Å²) in [5.74, 6) is -1.86. The molecule has 0 spiro atoms. The first kappa shape index (κ1) is 15.7. The number of urea groups is 1. The highest BCUT2D eigenvalue weighted by molar-refractivity contribution is 5.94. The van der Waals surface area contributed by atoms with E-state index in [0.717, 1.165) is 37.8 Å². The van der Waals surface area contributed by atoms with E-state index in [1.54, 1.807) is 0 Å². The molecule has 0 radical (unpaired) electrons. The smallest absolute Gasteiger partial charge is 0.322 e. The van der Waals surface area contributed by atoms with Crippen molar-refractivity contribution >= 4 is 17.6 Å². The van der Waals surface area contributed by atoms with E-state index in [0.29, 0.717) is 12.5 Å². The van der Waals surface area contributed by atoms with Gasteiger partial charge in [0.1, 0.15) is 17.7 Å². The zero-order chi connectivity index (χ0) is 16.6. The van der Waals surface area contributed by atoms with E-state index in [1.165, 1.54) is 4.90 Å². The summed E-state index contributed by atoms with van der Waals surface area (Å²) in [4.78, 5) is 25.7. The molecule has 1 aliphatic heterocycles. The van der Waals surface area contributed by atoms with Crippen LogP contribution in [0.1, 0.15) is 32.1 Å². The molecule has 1 aromatic rings. The van der Waals surface area contributed by atoms with Gasteiger partial charge in [-0.25, -0.2) is 13.6 Å². The number of nitrogens with zero attached hydrogens (tertiary/aromatic N) is 1. The van der Waals surface area contributed by atoms with Crippen LogP contribution in [0.5, 0.6) is 0 Å². The molecule has 2 fully saturated rings. The van der Waals surface area contributed by atoms with Crippen LogP contribution in [0.2, 0.25) is 0 Å². The molecule has 3 rings (SSSR count). The number of carbonyl (C=O) groups is 2. The molecule has 5 nitrogen and oxygen atoms in total. The van der Waals surface area contributed by atoms with Crippen LogP contribution in [-0.4, -0.2) is 28.9 Å². The number of carbonyl (C=O) groups excluding carboxylic acids is 2. The molecule has 3 atom stereocenters. The lowest BCUT2D eigenvalue weighted by Crippen LogP contribution is -2.50. The lowest BCUT2D eigenvalue weighted by atomic mass is 9.85. The van der Waals surface area contributed by atoms with E-state index in [9.17, 15) is 18.4 Å². The predicted molar refractivity (Wildman–Crippen MR) is 80.6 cm³/mol. The van der Waals surface area contributed by atoms with Gasteiger partial charge < -0.3 is 16.0 Å². The number of fused-ring (bicyclic) bond motifs is 1. The summed E-state index contributed by atoms with van der Waals surface area (Å²) in [6, 6.07) is 1.65. The number of hydrogen-bond acceptors (Lipinski definition) is 2. The van der Waals surface area contributed by atoms with E-state index < -0.39 is 29.6 Å². The molecule has 3 amide bonds. The molecule has 2 aliphatic rings. The molecule has 1 aliphatic carbocycles. The van der Waals surface area contributed by atoms with E-state index in [2.05, 4.69) is 5.32 Å². The maximum atomic E-state index is 13.7. The Balaban J connectivity index is 1.82. The van der Waals surface area contributed by atoms with Crippen LogP contribution in [0.25, 0.3) is 0 Å². The van der Waals surface area contributed by atoms with E-state index in [-0.39, 0.29) is 17.6 Å². The number of benzene rings is 1. The van der Waals surface area contributed by atoms with Gasteiger partial charge in [-0.2, -0.15) is 0 Å². The van der Waals surface area contributed by atoms with Crippen LogP contribution in [0.4, 0.5) is 19.3 Å². The van der Waals surface area contributed by atoms with Crippen LogP contribution in [0.3, 0.4) is 0 Å². The number of halogens is 2. The fourth-order valence-corrected chi connectivity index (χ4v) is 3.78. The number of rotatable bonds is 2. The molecule has 0 aromatic heterocycles. The van der Waals surface area contributed by atoms with E-state index >= 15 is 0 Å². The molecule has 7 heteroatoms. The summed E-state index contributed by atoms with van der Waals surface area (Å²) in [5, 5.41) is 2.43. The van der Waals surface area contributed by atoms with Crippen molar-refractivity contribution in [1.82, 2.24) is 4.90 Å². The second-order valence-electron chi connectivity index (χ2n) is 6.23. The molecule has 23 heavy (non-hydrogen) atoms. The largest absolute Gasteiger partial charge is 0.368 e. The first-order valence-electron chi connectivity index (χ1n) is 7.81. The number of hydrogen-bond donors (Lipinski definition) is 2. The zero-order valence-electron chi connectivity index (χ0n) is 12.6. The van der Waals surface area contributed by atoms with Gasteiger partial charge in [0, 0.05) is 12.1 Å². The Hall–Kier alpha value is -2.18. The summed E-state index contributed by atoms with van der Waals surface area (Å²) >= 11 is 0. The standard InChI is InChI=1S/C16H19F2N3O2/c17-10-5-6-12(11(18)8-10)20-16(23)21-13-4-2-1-3-9(13)7-14(21)15(19)22/h5-6,8-9,13-14H,1-4,7H2,(H2,19,22)(H,20,23)/t9-,13+,14+/m1/s1. The van der Waals surface area contributed by atoms with Gasteiger partial charge in [0.15, 0.2) is 0 Å². The van der Waals surface area contributed by atoms with Crippen molar-refractivity contribution in [1.29, 1.82) is 0 Å². The molecule has 0 unspecified atom stereocenters. The summed E-state index contributed by atoms with van der Waals surface area (Å²) in [5.41, 5.74) is 5.33. The Labute approximate surface area is 132 Å². The number of nitrogens with two attached hydrogens (primary N) is 1. The fraction of sp³-hybridized carbons (Fsp3) is 0.500. The fourth-order valence-electron chi connectivity index (χ4n) is 3.78. The minimum absolute atomic E-state index is 0.0511. The van der Waals surface area contributed by atoms with Gasteiger partial charge in [-0.05, 0) is 37.3 Å². The summed E-state index contributed by atoms with van der Waals surface area (Å²) in [7, 11) is 0. The highest BCUT2D eigenvalue weighted by Crippen LogP contribution is 2.40. The number of nitrogens with one attached hydrogen (secondary N) is 1. The van der Waals surface area contributed by atoms with Gasteiger partial charge in [-0.1, -0.05) is 12.8 Å². The van der Waals surface area contributed by atoms with Crippen molar-refractivity contribution in [3.63, 3.8) is 0 Å². The average molecular weight is 323 g/mol. The molecule has 1 saturated heterocycles. The van der Waals surface area contributed by atoms with Crippen LogP contribution >= 0.6 is 0 Å². The topological polar surface area (TPSA) is 75.4 Å². The van der Waals surface area contributed by atoms with Crippen molar-refractivity contribution < 1.29 is 18.4 Å². The zero-order valence-corrected chi connectivity index (χ0v) is 12.6. The Morgan fingerprint density at radius 2 is 1.96 bits per heavy atom. The summed E-state index contributed by atoms with van der Waals surface area (Å²) < 4.78 is 26.7. The van der Waals surface area contributed by atoms with Crippen LogP contribution in [-0.2, 0) is 4.79 Å². The Morgan fingerprint density at radius 1 is 1.22 bits per heavy atom. The minimum Gasteiger partial charge on any atom is -0.368 e. The number of anilines is 1. The highest BCUT2D eigenvalue weighted by atomic mass is 19.1. The van der Waals surface area contributed by atoms with Crippen LogP contribution < -0.4 is 11.1 Å². The monoisotopic (exact) mass is 323 g/mol. The summed E-state index contributed by atoms with van der Waals surface area (Å²) in [6.07, 6.45) is 4.40. The third-order valence-electron chi connectivity index (χ3n) is 4.82. The van der Waals surface area contributed by atoms with Crippen LogP contribution in [0, 0.1) is 17.6 Å². The second-order valence-corrected chi connectivity index (χ2v) is 6.23. The van der Waals surface area contributed by atoms with Gasteiger partial charge >= 0.3 is 6.03 Å². The molecule has 1 aromatic carbocycles. The maximum Gasteiger partial charge on any atom is 0.322 e. The van der Waals surface area contributed by atoms with Gasteiger partial charge in [-0.15, -0.1) is 0 Å². The number of primary amides is 1. The molecule has 124 valence electrons. The average Bonchev–Trinajstić information content (AvgIpc) is 2.90. The van der Waals surface area contributed by atoms with Crippen molar-refractivity contribution in [3.8, 4) is 0 Å². The third kappa shape index (κ3) is 3.00. The van der Waals surface area contributed by atoms with Crippen molar-refractivity contribution in [3.05, 3.63) is 29.8 Å². The van der Waals surface area contributed by atoms with E-state index in [1.807, 2.05) is 0 Å². The second kappa shape index (κ2) is 6.14. The maximum absolute atomic E-state index is 13.7. The van der Waals surface area contributed by atoms with Crippen LogP contribution in [0.15, 0.2) is 18.2 Å². The SMILES string of the molecule is NC(=O)[C@@H]1C[C@H]2CCCC[C@@H]2N1C(=O)Nc1ccc(F)cc1F. The molecular weight excluding hydrogens is 304 g/mol. The summed E-state index contributed by atoms with van der Waals surface area (Å²) in [6.45, 7) is 0. The third-order valence-corrected chi connectivity index (χ3v) is 4.82. The van der Waals surface area contributed by atoms with Crippen molar-refractivity contribution in [2.75, 3.05) is 5.32 Å². The quantitative estimate of drug-likeness (QED) is 0.878. The molecule has 3 N–H and O–H groups in total. The predicted octanol–water partition coefficient (Wildman–Crippen LogP) is 2.62.